The van der Waals surface area contributed by atoms with Crippen molar-refractivity contribution in [2.24, 2.45) is 0 Å². The van der Waals surface area contributed by atoms with Crippen molar-refractivity contribution in [3.8, 4) is 34.0 Å². The molecule has 9 rings (SSSR count). The van der Waals surface area contributed by atoms with Crippen molar-refractivity contribution in [3.05, 3.63) is 179 Å². The number of nitrogens with zero attached hydrogens (tertiary/aromatic N) is 4. The lowest BCUT2D eigenvalue weighted by atomic mass is 9.61. The van der Waals surface area contributed by atoms with E-state index >= 15 is 0 Å². The van der Waals surface area contributed by atoms with Crippen molar-refractivity contribution in [2.75, 3.05) is 4.90 Å². The average Bonchev–Trinajstić information content (AvgIpc) is 3.13. The van der Waals surface area contributed by atoms with E-state index in [9.17, 15) is 0 Å². The highest BCUT2D eigenvalue weighted by Gasteiger charge is 2.50. The van der Waals surface area contributed by atoms with Crippen LogP contribution in [0.2, 0.25) is 0 Å². The zero-order chi connectivity index (χ0) is 31.5. The zero-order valence-corrected chi connectivity index (χ0v) is 26.1. The number of benzene rings is 5. The largest absolute Gasteiger partial charge is 0.457 e. The van der Waals surface area contributed by atoms with Crippen LogP contribution in [0.1, 0.15) is 33.6 Å². The first-order chi connectivity index (χ1) is 23.1. The second-order valence-electron chi connectivity index (χ2n) is 12.1. The van der Waals surface area contributed by atoms with Gasteiger partial charge in [0.05, 0.1) is 28.2 Å². The topological polar surface area (TPSA) is 51.1 Å². The molecule has 0 atom stereocenters. The molecular formula is C42H30N4O. The number of pyridine rings is 1. The fourth-order valence-electron chi connectivity index (χ4n) is 7.56. The summed E-state index contributed by atoms with van der Waals surface area (Å²) in [6.45, 7) is 4.03. The minimum Gasteiger partial charge on any atom is -0.457 e. The zero-order valence-electron chi connectivity index (χ0n) is 26.1. The lowest BCUT2D eigenvalue weighted by Crippen LogP contribution is -2.39. The molecule has 0 saturated heterocycles. The molecule has 5 aromatic carbocycles. The predicted octanol–water partition coefficient (Wildman–Crippen LogP) is 10.1. The summed E-state index contributed by atoms with van der Waals surface area (Å²) in [5, 5.41) is 0. The van der Waals surface area contributed by atoms with Crippen molar-refractivity contribution < 1.29 is 4.74 Å². The van der Waals surface area contributed by atoms with E-state index in [2.05, 4.69) is 138 Å². The molecule has 47 heavy (non-hydrogen) atoms. The molecule has 4 heterocycles. The van der Waals surface area contributed by atoms with Gasteiger partial charge in [0.1, 0.15) is 17.3 Å². The summed E-state index contributed by atoms with van der Waals surface area (Å²) < 4.78 is 6.53. The Kier molecular flexibility index (Phi) is 6.09. The van der Waals surface area contributed by atoms with E-state index < -0.39 is 5.41 Å². The van der Waals surface area contributed by atoms with Gasteiger partial charge in [0.25, 0.3) is 0 Å². The lowest BCUT2D eigenvalue weighted by Gasteiger charge is -2.48. The molecule has 0 bridgehead atoms. The molecule has 2 aromatic heterocycles. The van der Waals surface area contributed by atoms with Gasteiger partial charge in [-0.3, -0.25) is 4.98 Å². The summed E-state index contributed by atoms with van der Waals surface area (Å²) in [7, 11) is 0. The third kappa shape index (κ3) is 3.99. The minimum atomic E-state index is -0.548. The van der Waals surface area contributed by atoms with E-state index in [4.69, 9.17) is 14.7 Å². The van der Waals surface area contributed by atoms with Crippen molar-refractivity contribution in [1.29, 1.82) is 0 Å². The van der Waals surface area contributed by atoms with Gasteiger partial charge in [-0.05, 0) is 73.5 Å². The van der Waals surface area contributed by atoms with Crippen molar-refractivity contribution in [2.45, 2.75) is 19.3 Å². The second-order valence-corrected chi connectivity index (χ2v) is 12.1. The Morgan fingerprint density at radius 2 is 1.06 bits per heavy atom. The highest BCUT2D eigenvalue weighted by molar-refractivity contribution is 5.91. The number of rotatable bonds is 3. The van der Waals surface area contributed by atoms with E-state index in [0.29, 0.717) is 0 Å². The maximum absolute atomic E-state index is 6.53. The molecule has 5 nitrogen and oxygen atoms in total. The van der Waals surface area contributed by atoms with E-state index in [1.54, 1.807) is 6.20 Å². The number of anilines is 3. The van der Waals surface area contributed by atoms with E-state index in [1.807, 2.05) is 25.3 Å². The Bertz CT molecular complexity index is 2220. The van der Waals surface area contributed by atoms with Crippen LogP contribution < -0.4 is 9.64 Å². The molecule has 2 aliphatic rings. The van der Waals surface area contributed by atoms with Crippen molar-refractivity contribution in [3.63, 3.8) is 0 Å². The first kappa shape index (κ1) is 27.3. The van der Waals surface area contributed by atoms with Crippen LogP contribution >= 0.6 is 0 Å². The molecule has 0 saturated carbocycles. The van der Waals surface area contributed by atoms with Gasteiger partial charge in [0, 0.05) is 45.9 Å². The number of aromatic nitrogens is 3. The first-order valence-corrected chi connectivity index (χ1v) is 15.9. The van der Waals surface area contributed by atoms with Crippen LogP contribution in [0.15, 0.2) is 146 Å². The fourth-order valence-corrected chi connectivity index (χ4v) is 7.56. The van der Waals surface area contributed by atoms with E-state index in [0.717, 1.165) is 73.6 Å². The number of hydrogen-bond donors (Lipinski definition) is 0. The van der Waals surface area contributed by atoms with Gasteiger partial charge in [0.15, 0.2) is 0 Å². The average molecular weight is 607 g/mol. The summed E-state index contributed by atoms with van der Waals surface area (Å²) in [6, 6.07) is 47.3. The van der Waals surface area contributed by atoms with Crippen LogP contribution in [0.4, 0.5) is 17.1 Å². The molecule has 5 heteroatoms. The van der Waals surface area contributed by atoms with Crippen LogP contribution in [0.3, 0.4) is 0 Å². The number of aryl methyl sites for hydroxylation is 1. The van der Waals surface area contributed by atoms with Gasteiger partial charge in [-0.25, -0.2) is 9.97 Å². The van der Waals surface area contributed by atoms with Gasteiger partial charge in [-0.1, -0.05) is 84.9 Å². The molecule has 0 aliphatic carbocycles. The Morgan fingerprint density at radius 3 is 1.64 bits per heavy atom. The third-order valence-electron chi connectivity index (χ3n) is 9.49. The van der Waals surface area contributed by atoms with Crippen LogP contribution in [-0.2, 0) is 5.41 Å². The molecule has 7 aromatic rings. The number of hydrogen-bond acceptors (Lipinski definition) is 5. The summed E-state index contributed by atoms with van der Waals surface area (Å²) in [6.07, 6.45) is 3.64. The molecule has 0 fully saturated rings. The second kappa shape index (κ2) is 10.5. The quantitative estimate of drug-likeness (QED) is 0.200. The first-order valence-electron chi connectivity index (χ1n) is 15.9. The molecule has 1 spiro atoms. The Hall–Kier alpha value is -6.07. The minimum absolute atomic E-state index is 0.548. The molecule has 2 aliphatic heterocycles. The molecular weight excluding hydrogens is 576 g/mol. The van der Waals surface area contributed by atoms with Crippen molar-refractivity contribution in [1.82, 2.24) is 15.0 Å². The number of ether oxygens (including phenoxy) is 1. The monoisotopic (exact) mass is 606 g/mol. The lowest BCUT2D eigenvalue weighted by molar-refractivity contribution is 0.434. The molecule has 0 amide bonds. The summed E-state index contributed by atoms with van der Waals surface area (Å²) >= 11 is 0. The fraction of sp³-hybridized carbons (Fsp3) is 0.0714. The summed E-state index contributed by atoms with van der Waals surface area (Å²) in [5.41, 5.74) is 12.4. The van der Waals surface area contributed by atoms with Crippen LogP contribution in [0, 0.1) is 13.8 Å². The molecule has 224 valence electrons. The van der Waals surface area contributed by atoms with Gasteiger partial charge >= 0.3 is 0 Å². The van der Waals surface area contributed by atoms with E-state index in [1.165, 1.54) is 11.1 Å². The number of fused-ring (bicyclic) bond motifs is 8. The van der Waals surface area contributed by atoms with Gasteiger partial charge < -0.3 is 9.64 Å². The third-order valence-corrected chi connectivity index (χ3v) is 9.49. The van der Waals surface area contributed by atoms with Crippen LogP contribution in [0.5, 0.6) is 11.5 Å². The molecule has 0 radical (unpaired) electrons. The van der Waals surface area contributed by atoms with Gasteiger partial charge in [-0.15, -0.1) is 0 Å². The van der Waals surface area contributed by atoms with Crippen LogP contribution in [-0.4, -0.2) is 15.0 Å². The summed E-state index contributed by atoms with van der Waals surface area (Å²) in [4.78, 5) is 16.4. The maximum Gasteiger partial charge on any atom is 0.132 e. The molecule has 0 unspecified atom stereocenters. The van der Waals surface area contributed by atoms with Crippen molar-refractivity contribution >= 4 is 17.1 Å². The van der Waals surface area contributed by atoms with Crippen LogP contribution in [0.25, 0.3) is 22.5 Å². The SMILES string of the molecule is Cc1nc(-c2ccc(N3c4ccccc4C4(c5ccccc5Oc5ccccc54)c4ccccc43)cc2)c(C)c(-c2cccnc2)n1. The van der Waals surface area contributed by atoms with E-state index in [-0.39, 0.29) is 0 Å². The van der Waals surface area contributed by atoms with Gasteiger partial charge in [-0.2, -0.15) is 0 Å². The molecule has 0 N–H and O–H groups in total. The normalized spacial score (nSPS) is 13.6. The standard InChI is InChI=1S/C42H30N4O/c1-27-40(44-28(2)45-41(27)30-12-11-25-43-26-30)29-21-23-31(24-22-29)46-36-17-7-3-13-32(36)42(33-14-4-8-18-37(33)46)34-15-5-9-19-38(34)47-39-20-10-6-16-35(39)42/h3-26H,1-2H3. The highest BCUT2D eigenvalue weighted by Crippen LogP contribution is 2.62. The van der Waals surface area contributed by atoms with Gasteiger partial charge in [0.2, 0.25) is 0 Å². The predicted molar refractivity (Wildman–Crippen MR) is 187 cm³/mol. The smallest absolute Gasteiger partial charge is 0.132 e. The maximum atomic E-state index is 6.53. The Balaban J connectivity index is 1.23. The Morgan fingerprint density at radius 1 is 0.532 bits per heavy atom. The Labute approximate surface area is 273 Å². The highest BCUT2D eigenvalue weighted by atomic mass is 16.5. The number of para-hydroxylation sites is 4. The summed E-state index contributed by atoms with van der Waals surface area (Å²) in [5.74, 6) is 2.50.